The molecule has 3 aromatic carbocycles. The molecule has 2 fully saturated rings. The first-order valence-electron chi connectivity index (χ1n) is 24.5. The summed E-state index contributed by atoms with van der Waals surface area (Å²) in [6, 6.07) is 33.6. The van der Waals surface area contributed by atoms with E-state index in [4.69, 9.17) is 28.5 Å². The van der Waals surface area contributed by atoms with Crippen molar-refractivity contribution in [1.29, 1.82) is 0 Å². The van der Waals surface area contributed by atoms with E-state index < -0.39 is 24.1 Å². The molecule has 9 atom stereocenters. The Bertz CT molecular complexity index is 1830. The summed E-state index contributed by atoms with van der Waals surface area (Å²) in [6.07, 6.45) is 11.4. The molecule has 0 radical (unpaired) electrons. The number of benzene rings is 3. The van der Waals surface area contributed by atoms with Crippen LogP contribution in [0.3, 0.4) is 0 Å². The van der Waals surface area contributed by atoms with E-state index in [1.165, 1.54) is 22.1 Å². The van der Waals surface area contributed by atoms with Gasteiger partial charge in [0, 0.05) is 24.5 Å². The van der Waals surface area contributed by atoms with E-state index in [1.54, 1.807) is 0 Å². The van der Waals surface area contributed by atoms with Crippen LogP contribution in [0.1, 0.15) is 110 Å². The Morgan fingerprint density at radius 2 is 1.08 bits per heavy atom. The summed E-state index contributed by atoms with van der Waals surface area (Å²) in [6.45, 7) is 42.6. The fourth-order valence-corrected chi connectivity index (χ4v) is 20.2. The second kappa shape index (κ2) is 24.7. The van der Waals surface area contributed by atoms with Gasteiger partial charge in [-0.3, -0.25) is 0 Å². The summed E-state index contributed by atoms with van der Waals surface area (Å²) in [4.78, 5) is 0. The number of aliphatic hydroxyl groups is 1. The Morgan fingerprint density at radius 3 is 1.44 bits per heavy atom. The Morgan fingerprint density at radius 1 is 0.682 bits per heavy atom. The van der Waals surface area contributed by atoms with E-state index in [0.717, 1.165) is 12.8 Å². The number of ether oxygens (including phenoxy) is 4. The molecule has 2 saturated heterocycles. The number of hydrogen-bond acceptors (Lipinski definition) is 6. The van der Waals surface area contributed by atoms with Crippen LogP contribution in [0, 0.1) is 29.6 Å². The maximum absolute atomic E-state index is 9.09. The minimum absolute atomic E-state index is 0.0182. The van der Waals surface area contributed by atoms with E-state index >= 15 is 0 Å². The monoisotopic (exact) mass is 1060 g/mol. The molecule has 0 bridgehead atoms. The molecule has 370 valence electrons. The fourth-order valence-electron chi connectivity index (χ4n) is 8.55. The van der Waals surface area contributed by atoms with Crippen molar-refractivity contribution in [2.75, 3.05) is 12.8 Å². The van der Waals surface area contributed by atoms with Crippen molar-refractivity contribution < 1.29 is 28.5 Å². The first kappa shape index (κ1) is 58.3. The summed E-state index contributed by atoms with van der Waals surface area (Å²) in [7, 11) is -1.74. The molecule has 2 aliphatic rings. The Hall–Kier alpha value is -1.98. The normalized spacial score (nSPS) is 23.5. The molecule has 66 heavy (non-hydrogen) atoms. The van der Waals surface area contributed by atoms with Crippen molar-refractivity contribution in [1.82, 2.24) is 0 Å². The molecule has 0 spiro atoms. The molecule has 1 N–H and O–H groups in total. The van der Waals surface area contributed by atoms with Gasteiger partial charge in [-0.25, -0.2) is 0 Å². The van der Waals surface area contributed by atoms with Gasteiger partial charge >= 0.3 is 172 Å². The molecule has 0 saturated carbocycles. The third-order valence-electron chi connectivity index (χ3n) is 14.0. The molecule has 9 heteroatoms. The van der Waals surface area contributed by atoms with Crippen molar-refractivity contribution in [3.8, 4) is 0 Å². The van der Waals surface area contributed by atoms with E-state index in [1.807, 2.05) is 46.8 Å². The van der Waals surface area contributed by atoms with E-state index in [9.17, 15) is 0 Å². The molecule has 1 unspecified atom stereocenters. The number of halogens is 1. The summed E-state index contributed by atoms with van der Waals surface area (Å²) in [5.41, 5.74) is 0. The van der Waals surface area contributed by atoms with Crippen LogP contribution in [-0.2, 0) is 23.4 Å². The molecular formula is C57H90IO6PSi. The zero-order valence-electron chi connectivity index (χ0n) is 43.8. The molecule has 2 aliphatic heterocycles. The van der Waals surface area contributed by atoms with Crippen LogP contribution in [0.25, 0.3) is 0 Å². The quantitative estimate of drug-likeness (QED) is 0.0593. The fraction of sp³-hybridized carbons (Fsp3) is 0.579. The zero-order chi connectivity index (χ0) is 49.8. The van der Waals surface area contributed by atoms with Crippen LogP contribution >= 0.6 is 26.3 Å². The third-order valence-corrected chi connectivity index (χ3v) is 30.2. The van der Waals surface area contributed by atoms with Gasteiger partial charge in [0.2, 0.25) is 0 Å². The molecule has 6 nitrogen and oxygen atoms in total. The molecule has 0 amide bonds. The minimum atomic E-state index is -2.59. The van der Waals surface area contributed by atoms with E-state index in [-0.39, 0.29) is 54.0 Å². The summed E-state index contributed by atoms with van der Waals surface area (Å²) in [5, 5.41) is 13.8. The topological polar surface area (TPSA) is 66.4 Å². The van der Waals surface area contributed by atoms with Crippen LogP contribution in [0.15, 0.2) is 128 Å². The standard InChI is InChI=1S/C24H28IP.C22H42O3Si.C11H20O3/c1-20(2)21(3)19-26(25,22-13-7-4-8-14-22,23-15-9-5-10-16-23)24-17-11-6-12-18-24;1-12-13-19-20(24-22(8,9)23-19)17(3)15-14-16(2)18(4)25-26(10,11)21(5,6)7;1-5-6-9-10(8(2)7-12)14-11(3,4)13-9/h4-18,20-21H,19H2,1-3H3;12,14-20H,1,13H2,2-11H3;5,8-10,12H,1,6-7H2,2-4H3/b;15-14-;/t21-;16-,17-,18?,19+,20-;8-,9+,10-/m111/s1. The number of rotatable bonds is 18. The Labute approximate surface area is 417 Å². The predicted octanol–water partition coefficient (Wildman–Crippen LogP) is 14.2. The maximum atomic E-state index is 9.09. The number of hydrogen-bond donors (Lipinski definition) is 1. The van der Waals surface area contributed by atoms with Gasteiger partial charge in [0.25, 0.3) is 0 Å². The molecular weight excluding hydrogens is 967 g/mol. The second-order valence-corrected chi connectivity index (χ2v) is 37.2. The molecule has 0 aromatic heterocycles. The number of aliphatic hydroxyl groups excluding tert-OH is 1. The van der Waals surface area contributed by atoms with Crippen LogP contribution in [0.4, 0.5) is 0 Å². The first-order valence-corrected chi connectivity index (χ1v) is 32.6. The van der Waals surface area contributed by atoms with Crippen molar-refractivity contribution in [2.45, 2.75) is 170 Å². The van der Waals surface area contributed by atoms with Crippen molar-refractivity contribution in [2.24, 2.45) is 29.6 Å². The summed E-state index contributed by atoms with van der Waals surface area (Å²) < 4.78 is 27.6. The average Bonchev–Trinajstić information content (AvgIpc) is 3.75. The van der Waals surface area contributed by atoms with Gasteiger partial charge in [-0.05, 0) is 71.5 Å². The van der Waals surface area contributed by atoms with Crippen LogP contribution < -0.4 is 15.9 Å². The van der Waals surface area contributed by atoms with E-state index in [2.05, 4.69) is 214 Å². The summed E-state index contributed by atoms with van der Waals surface area (Å²) >= 11 is 2.88. The van der Waals surface area contributed by atoms with Gasteiger partial charge in [-0.1, -0.05) is 65.8 Å². The zero-order valence-corrected chi connectivity index (χ0v) is 47.9. The van der Waals surface area contributed by atoms with Gasteiger partial charge < -0.3 is 28.5 Å². The molecule has 5 rings (SSSR count). The molecule has 3 aromatic rings. The van der Waals surface area contributed by atoms with Crippen LogP contribution in [0.2, 0.25) is 18.1 Å². The molecule has 2 heterocycles. The van der Waals surface area contributed by atoms with Gasteiger partial charge in [0.05, 0.1) is 24.4 Å². The van der Waals surface area contributed by atoms with Crippen LogP contribution in [-0.4, -0.2) is 68.3 Å². The van der Waals surface area contributed by atoms with Crippen LogP contribution in [0.5, 0.6) is 0 Å². The summed E-state index contributed by atoms with van der Waals surface area (Å²) in [5.74, 6) is 0.963. The molecule has 0 aliphatic carbocycles. The Balaban J connectivity index is 0.000000275. The Kier molecular flexibility index (Phi) is 21.8. The third kappa shape index (κ3) is 15.3. The van der Waals surface area contributed by atoms with Gasteiger partial charge in [-0.15, -0.1) is 13.2 Å². The first-order chi connectivity index (χ1) is 30.7. The van der Waals surface area contributed by atoms with Gasteiger partial charge in [0.15, 0.2) is 19.9 Å². The van der Waals surface area contributed by atoms with Crippen molar-refractivity contribution in [3.63, 3.8) is 0 Å². The second-order valence-electron chi connectivity index (χ2n) is 21.8. The van der Waals surface area contributed by atoms with Crippen molar-refractivity contribution in [3.05, 3.63) is 128 Å². The van der Waals surface area contributed by atoms with Crippen molar-refractivity contribution >= 4 is 50.5 Å². The van der Waals surface area contributed by atoms with Gasteiger partial charge in [-0.2, -0.15) is 0 Å². The SMILES string of the molecule is C=CC[C@@H]1OC(C)(C)O[C@@H]1[C@H](C)/C=C\[C@@H](C)C(C)O[Si](C)(C)C(C)(C)C.C=CC[C@@H]1OC(C)(C)O[C@@H]1[C@H](C)CO.CC(C)[C@H](C)CP(I)(c1ccccc1)(c1ccccc1)c1ccccc1. The predicted molar refractivity (Wildman–Crippen MR) is 297 cm³/mol. The average molecular weight is 1060 g/mol. The van der Waals surface area contributed by atoms with Gasteiger partial charge in [0.1, 0.15) is 0 Å². The van der Waals surface area contributed by atoms with E-state index in [0.29, 0.717) is 17.8 Å².